The first-order chi connectivity index (χ1) is 6.38. The highest BCUT2D eigenvalue weighted by Gasteiger charge is 2.09. The molecule has 1 aliphatic rings. The van der Waals surface area contributed by atoms with E-state index >= 15 is 0 Å². The van der Waals surface area contributed by atoms with E-state index in [2.05, 4.69) is 0 Å². The van der Waals surface area contributed by atoms with E-state index in [0.29, 0.717) is 13.3 Å². The molecule has 0 amide bonds. The molecule has 1 aromatic rings. The first-order valence-electron chi connectivity index (χ1n) is 4.04. The highest BCUT2D eigenvalue weighted by Crippen LogP contribution is 2.30. The summed E-state index contributed by atoms with van der Waals surface area (Å²) in [5, 5.41) is 7.75. The van der Waals surface area contributed by atoms with Crippen molar-refractivity contribution in [2.75, 3.05) is 19.9 Å². The lowest BCUT2D eigenvalue weighted by Gasteiger charge is -1.89. The second-order valence-corrected chi connectivity index (χ2v) is 2.37. The second-order valence-electron chi connectivity index (χ2n) is 2.37. The zero-order valence-corrected chi connectivity index (χ0v) is 7.27. The summed E-state index contributed by atoms with van der Waals surface area (Å²) in [5.74, 6) is 1.69. The van der Waals surface area contributed by atoms with E-state index in [1.165, 1.54) is 0 Å². The average molecular weight is 183 g/mol. The van der Waals surface area contributed by atoms with Gasteiger partial charge in [-0.3, -0.25) is 0 Å². The van der Waals surface area contributed by atoms with E-state index in [9.17, 15) is 0 Å². The highest BCUT2D eigenvalue weighted by atomic mass is 16.7. The SMILES string of the molecule is NCCO.c1ccc2c(c1)OCO2. The van der Waals surface area contributed by atoms with Crippen LogP contribution in [0.2, 0.25) is 0 Å². The Balaban J connectivity index is 0.000000184. The van der Waals surface area contributed by atoms with Crippen LogP contribution in [0, 0.1) is 0 Å². The Morgan fingerprint density at radius 1 is 1.23 bits per heavy atom. The van der Waals surface area contributed by atoms with E-state index in [1.807, 2.05) is 24.3 Å². The van der Waals surface area contributed by atoms with Crippen LogP contribution in [-0.2, 0) is 0 Å². The second kappa shape index (κ2) is 5.40. The zero-order valence-electron chi connectivity index (χ0n) is 7.27. The lowest BCUT2D eigenvalue weighted by Crippen LogP contribution is -2.02. The molecule has 0 bridgehead atoms. The van der Waals surface area contributed by atoms with Crippen molar-refractivity contribution in [3.05, 3.63) is 24.3 Å². The molecule has 0 spiro atoms. The standard InChI is InChI=1S/C7H6O2.C2H7NO/c1-2-4-7-6(3-1)8-5-9-7;3-1-2-4/h1-4H,5H2;4H,1-3H2. The van der Waals surface area contributed by atoms with Crippen LogP contribution >= 0.6 is 0 Å². The molecule has 0 radical (unpaired) electrons. The van der Waals surface area contributed by atoms with Crippen LogP contribution in [-0.4, -0.2) is 25.1 Å². The molecule has 0 aromatic heterocycles. The number of aliphatic hydroxyl groups excluding tert-OH is 1. The maximum atomic E-state index is 7.75. The van der Waals surface area contributed by atoms with Gasteiger partial charge in [0.25, 0.3) is 0 Å². The van der Waals surface area contributed by atoms with Crippen molar-refractivity contribution in [1.29, 1.82) is 0 Å². The van der Waals surface area contributed by atoms with E-state index in [1.54, 1.807) is 0 Å². The summed E-state index contributed by atoms with van der Waals surface area (Å²) in [4.78, 5) is 0. The van der Waals surface area contributed by atoms with Crippen LogP contribution in [0.1, 0.15) is 0 Å². The molecular formula is C9H13NO3. The molecular weight excluding hydrogens is 170 g/mol. The van der Waals surface area contributed by atoms with Crippen molar-refractivity contribution in [2.24, 2.45) is 5.73 Å². The van der Waals surface area contributed by atoms with Crippen LogP contribution in [0.5, 0.6) is 11.5 Å². The van der Waals surface area contributed by atoms with E-state index in [-0.39, 0.29) is 6.61 Å². The molecule has 0 aliphatic carbocycles. The average Bonchev–Trinajstić information content (AvgIpc) is 2.66. The fraction of sp³-hybridized carbons (Fsp3) is 0.333. The number of ether oxygens (including phenoxy) is 2. The first-order valence-corrected chi connectivity index (χ1v) is 4.04. The Bertz CT molecular complexity index is 227. The predicted molar refractivity (Wildman–Crippen MR) is 48.7 cm³/mol. The van der Waals surface area contributed by atoms with E-state index < -0.39 is 0 Å². The van der Waals surface area contributed by atoms with Gasteiger partial charge in [0, 0.05) is 6.54 Å². The van der Waals surface area contributed by atoms with Gasteiger partial charge in [-0.05, 0) is 12.1 Å². The molecule has 4 nitrogen and oxygen atoms in total. The summed E-state index contributed by atoms with van der Waals surface area (Å²) in [6.07, 6.45) is 0. The Hall–Kier alpha value is -1.26. The smallest absolute Gasteiger partial charge is 0.231 e. The number of fused-ring (bicyclic) bond motifs is 1. The lowest BCUT2D eigenvalue weighted by molar-refractivity contribution is 0.174. The molecule has 0 atom stereocenters. The fourth-order valence-electron chi connectivity index (χ4n) is 0.845. The topological polar surface area (TPSA) is 64.7 Å². The maximum absolute atomic E-state index is 7.75. The molecule has 0 saturated heterocycles. The maximum Gasteiger partial charge on any atom is 0.231 e. The molecule has 0 unspecified atom stereocenters. The highest BCUT2D eigenvalue weighted by molar-refractivity contribution is 5.40. The fourth-order valence-corrected chi connectivity index (χ4v) is 0.845. The molecule has 0 saturated carbocycles. The molecule has 1 aromatic carbocycles. The van der Waals surface area contributed by atoms with Crippen LogP contribution < -0.4 is 15.2 Å². The molecule has 2 rings (SSSR count). The van der Waals surface area contributed by atoms with E-state index in [0.717, 1.165) is 11.5 Å². The summed E-state index contributed by atoms with van der Waals surface area (Å²) in [7, 11) is 0. The minimum Gasteiger partial charge on any atom is -0.454 e. The molecule has 1 aliphatic heterocycles. The van der Waals surface area contributed by atoms with Crippen molar-refractivity contribution in [3.8, 4) is 11.5 Å². The van der Waals surface area contributed by atoms with Crippen molar-refractivity contribution < 1.29 is 14.6 Å². The third-order valence-electron chi connectivity index (χ3n) is 1.41. The quantitative estimate of drug-likeness (QED) is 0.659. The number of nitrogens with two attached hydrogens (primary N) is 1. The normalized spacial score (nSPS) is 11.8. The Morgan fingerprint density at radius 2 is 1.69 bits per heavy atom. The van der Waals surface area contributed by atoms with Gasteiger partial charge < -0.3 is 20.3 Å². The Kier molecular flexibility index (Phi) is 4.08. The van der Waals surface area contributed by atoms with Gasteiger partial charge in [-0.15, -0.1) is 0 Å². The van der Waals surface area contributed by atoms with Gasteiger partial charge in [0.1, 0.15) is 0 Å². The molecule has 13 heavy (non-hydrogen) atoms. The Labute approximate surface area is 76.9 Å². The monoisotopic (exact) mass is 183 g/mol. The Morgan fingerprint density at radius 3 is 2.08 bits per heavy atom. The zero-order chi connectivity index (χ0) is 9.52. The number of hydrogen-bond acceptors (Lipinski definition) is 4. The van der Waals surface area contributed by atoms with Crippen molar-refractivity contribution in [3.63, 3.8) is 0 Å². The van der Waals surface area contributed by atoms with Crippen LogP contribution in [0.4, 0.5) is 0 Å². The van der Waals surface area contributed by atoms with Crippen molar-refractivity contribution >= 4 is 0 Å². The number of hydrogen-bond donors (Lipinski definition) is 2. The lowest BCUT2D eigenvalue weighted by atomic mass is 10.3. The summed E-state index contributed by atoms with van der Waals surface area (Å²) in [5.41, 5.74) is 4.78. The third kappa shape index (κ3) is 2.93. The molecule has 72 valence electrons. The molecule has 0 fully saturated rings. The predicted octanol–water partition coefficient (Wildman–Crippen LogP) is 0.353. The van der Waals surface area contributed by atoms with Crippen molar-refractivity contribution in [2.45, 2.75) is 0 Å². The summed E-state index contributed by atoms with van der Waals surface area (Å²) in [6, 6.07) is 7.63. The van der Waals surface area contributed by atoms with Crippen LogP contribution in [0.3, 0.4) is 0 Å². The summed E-state index contributed by atoms with van der Waals surface area (Å²) >= 11 is 0. The van der Waals surface area contributed by atoms with Gasteiger partial charge in [0.2, 0.25) is 6.79 Å². The first kappa shape index (κ1) is 9.83. The number of rotatable bonds is 1. The largest absolute Gasteiger partial charge is 0.454 e. The number of aliphatic hydroxyl groups is 1. The van der Waals surface area contributed by atoms with Crippen molar-refractivity contribution in [1.82, 2.24) is 0 Å². The van der Waals surface area contributed by atoms with Gasteiger partial charge in [0.15, 0.2) is 11.5 Å². The van der Waals surface area contributed by atoms with Crippen LogP contribution in [0.25, 0.3) is 0 Å². The van der Waals surface area contributed by atoms with Crippen LogP contribution in [0.15, 0.2) is 24.3 Å². The van der Waals surface area contributed by atoms with Gasteiger partial charge in [-0.25, -0.2) is 0 Å². The summed E-state index contributed by atoms with van der Waals surface area (Å²) < 4.78 is 10.2. The van der Waals surface area contributed by atoms with E-state index in [4.69, 9.17) is 20.3 Å². The van der Waals surface area contributed by atoms with Gasteiger partial charge in [0.05, 0.1) is 6.61 Å². The molecule has 1 heterocycles. The minimum atomic E-state index is 0.0972. The summed E-state index contributed by atoms with van der Waals surface area (Å²) in [6.45, 7) is 0.833. The van der Waals surface area contributed by atoms with Gasteiger partial charge in [-0.2, -0.15) is 0 Å². The van der Waals surface area contributed by atoms with Gasteiger partial charge >= 0.3 is 0 Å². The minimum absolute atomic E-state index is 0.0972. The molecule has 3 N–H and O–H groups in total. The number of para-hydroxylation sites is 2. The third-order valence-corrected chi connectivity index (χ3v) is 1.41. The van der Waals surface area contributed by atoms with Gasteiger partial charge in [-0.1, -0.05) is 12.1 Å². The molecule has 4 heteroatoms. The number of benzene rings is 1.